The maximum Gasteiger partial charge on any atom is 0.119 e. The van der Waals surface area contributed by atoms with Crippen LogP contribution in [0.15, 0.2) is 24.3 Å². The van der Waals surface area contributed by atoms with Crippen LogP contribution < -0.4 is 4.74 Å². The molecule has 0 bridgehead atoms. The van der Waals surface area contributed by atoms with Gasteiger partial charge in [-0.25, -0.2) is 0 Å². The van der Waals surface area contributed by atoms with Crippen LogP contribution in [0.25, 0.3) is 0 Å². The lowest BCUT2D eigenvalue weighted by Crippen LogP contribution is -2.32. The van der Waals surface area contributed by atoms with Gasteiger partial charge in [-0.2, -0.15) is 0 Å². The third-order valence-corrected chi connectivity index (χ3v) is 4.08. The van der Waals surface area contributed by atoms with Crippen LogP contribution in [0.4, 0.5) is 0 Å². The summed E-state index contributed by atoms with van der Waals surface area (Å²) >= 11 is 0. The summed E-state index contributed by atoms with van der Waals surface area (Å²) in [4.78, 5) is 2.49. The Balaban J connectivity index is 0.00000116. The van der Waals surface area contributed by atoms with Crippen molar-refractivity contribution in [2.45, 2.75) is 58.5 Å². The lowest BCUT2D eigenvalue weighted by Gasteiger charge is -2.31. The van der Waals surface area contributed by atoms with Crippen LogP contribution in [0.3, 0.4) is 0 Å². The molecule has 0 amide bonds. The molecule has 3 nitrogen and oxygen atoms in total. The lowest BCUT2D eigenvalue weighted by molar-refractivity contribution is 0.146. The van der Waals surface area contributed by atoms with E-state index in [0.717, 1.165) is 18.3 Å². The van der Waals surface area contributed by atoms with E-state index in [-0.39, 0.29) is 0 Å². The zero-order valence-electron chi connectivity index (χ0n) is 14.8. The molecule has 2 rings (SSSR count). The fourth-order valence-corrected chi connectivity index (χ4v) is 2.92. The minimum absolute atomic E-state index is 0.610. The van der Waals surface area contributed by atoms with Crippen molar-refractivity contribution in [3.05, 3.63) is 29.8 Å². The number of benzene rings is 1. The van der Waals surface area contributed by atoms with Gasteiger partial charge in [-0.05, 0) is 37.6 Å². The summed E-state index contributed by atoms with van der Waals surface area (Å²) in [5.74, 6) is 0.941. The SMILES string of the molecule is CC.COCCOc1cccc(CN(C)C2CCCCC2)c1. The second kappa shape index (κ2) is 11.5. The molecular formula is C19H33NO2. The van der Waals surface area contributed by atoms with E-state index < -0.39 is 0 Å². The van der Waals surface area contributed by atoms with Crippen molar-refractivity contribution in [2.24, 2.45) is 0 Å². The van der Waals surface area contributed by atoms with Gasteiger partial charge in [0.1, 0.15) is 12.4 Å². The van der Waals surface area contributed by atoms with Crippen LogP contribution in [-0.4, -0.2) is 38.3 Å². The molecule has 3 heteroatoms. The zero-order chi connectivity index (χ0) is 16.2. The highest BCUT2D eigenvalue weighted by molar-refractivity contribution is 5.28. The predicted molar refractivity (Wildman–Crippen MR) is 93.5 cm³/mol. The first kappa shape index (κ1) is 19.0. The van der Waals surface area contributed by atoms with Crippen molar-refractivity contribution in [3.8, 4) is 5.75 Å². The minimum Gasteiger partial charge on any atom is -0.491 e. The smallest absolute Gasteiger partial charge is 0.119 e. The van der Waals surface area contributed by atoms with Gasteiger partial charge in [0.15, 0.2) is 0 Å². The maximum absolute atomic E-state index is 5.67. The van der Waals surface area contributed by atoms with Gasteiger partial charge in [-0.1, -0.05) is 45.2 Å². The summed E-state index contributed by atoms with van der Waals surface area (Å²) in [6.45, 7) is 6.25. The second-order valence-electron chi connectivity index (χ2n) is 5.70. The van der Waals surface area contributed by atoms with E-state index in [1.807, 2.05) is 19.9 Å². The fraction of sp³-hybridized carbons (Fsp3) is 0.684. The van der Waals surface area contributed by atoms with E-state index >= 15 is 0 Å². The molecule has 0 atom stereocenters. The number of hydrogen-bond acceptors (Lipinski definition) is 3. The molecule has 1 saturated carbocycles. The average molecular weight is 307 g/mol. The third kappa shape index (κ3) is 6.80. The van der Waals surface area contributed by atoms with Gasteiger partial charge in [0.2, 0.25) is 0 Å². The van der Waals surface area contributed by atoms with Gasteiger partial charge in [0, 0.05) is 19.7 Å². The second-order valence-corrected chi connectivity index (χ2v) is 5.70. The van der Waals surface area contributed by atoms with Crippen molar-refractivity contribution in [1.29, 1.82) is 0 Å². The van der Waals surface area contributed by atoms with Gasteiger partial charge in [0.25, 0.3) is 0 Å². The minimum atomic E-state index is 0.610. The molecule has 0 spiro atoms. The summed E-state index contributed by atoms with van der Waals surface area (Å²) in [5.41, 5.74) is 1.33. The molecule has 0 N–H and O–H groups in total. The Morgan fingerprint density at radius 2 is 1.82 bits per heavy atom. The molecule has 1 aliphatic carbocycles. The van der Waals surface area contributed by atoms with Crippen LogP contribution in [0.5, 0.6) is 5.75 Å². The van der Waals surface area contributed by atoms with Crippen LogP contribution in [0.1, 0.15) is 51.5 Å². The van der Waals surface area contributed by atoms with Gasteiger partial charge >= 0.3 is 0 Å². The Hall–Kier alpha value is -1.06. The predicted octanol–water partition coefficient (Wildman–Crippen LogP) is 4.50. The summed E-state index contributed by atoms with van der Waals surface area (Å²) in [7, 11) is 3.94. The quantitative estimate of drug-likeness (QED) is 0.692. The lowest BCUT2D eigenvalue weighted by atomic mass is 9.94. The monoisotopic (exact) mass is 307 g/mol. The average Bonchev–Trinajstić information content (AvgIpc) is 2.58. The Kier molecular flexibility index (Phi) is 9.93. The molecule has 126 valence electrons. The molecule has 1 aliphatic rings. The number of hydrogen-bond donors (Lipinski definition) is 0. The van der Waals surface area contributed by atoms with E-state index in [2.05, 4.69) is 30.1 Å². The molecule has 0 radical (unpaired) electrons. The van der Waals surface area contributed by atoms with E-state index in [1.54, 1.807) is 7.11 Å². The molecule has 22 heavy (non-hydrogen) atoms. The largest absolute Gasteiger partial charge is 0.491 e. The maximum atomic E-state index is 5.67. The molecule has 0 saturated heterocycles. The van der Waals surface area contributed by atoms with Gasteiger partial charge in [-0.15, -0.1) is 0 Å². The normalized spacial score (nSPS) is 15.3. The summed E-state index contributed by atoms with van der Waals surface area (Å²) in [6.07, 6.45) is 6.87. The van der Waals surface area contributed by atoms with Crippen molar-refractivity contribution in [1.82, 2.24) is 4.90 Å². The molecule has 1 aromatic carbocycles. The Morgan fingerprint density at radius 1 is 1.09 bits per heavy atom. The number of nitrogens with zero attached hydrogens (tertiary/aromatic N) is 1. The van der Waals surface area contributed by atoms with E-state index in [9.17, 15) is 0 Å². The molecular weight excluding hydrogens is 274 g/mol. The zero-order valence-corrected chi connectivity index (χ0v) is 14.8. The first-order valence-electron chi connectivity index (χ1n) is 8.70. The molecule has 1 aromatic rings. The van der Waals surface area contributed by atoms with Crippen molar-refractivity contribution >= 4 is 0 Å². The van der Waals surface area contributed by atoms with Crippen molar-refractivity contribution in [2.75, 3.05) is 27.4 Å². The summed E-state index contributed by atoms with van der Waals surface area (Å²) < 4.78 is 10.7. The van der Waals surface area contributed by atoms with Gasteiger partial charge in [0.05, 0.1) is 6.61 Å². The Bertz CT molecular complexity index is 389. The third-order valence-electron chi connectivity index (χ3n) is 4.08. The van der Waals surface area contributed by atoms with Gasteiger partial charge in [-0.3, -0.25) is 4.90 Å². The fourth-order valence-electron chi connectivity index (χ4n) is 2.92. The first-order chi connectivity index (χ1) is 10.8. The number of ether oxygens (including phenoxy) is 2. The van der Waals surface area contributed by atoms with Gasteiger partial charge < -0.3 is 9.47 Å². The van der Waals surface area contributed by atoms with Crippen molar-refractivity contribution < 1.29 is 9.47 Å². The van der Waals surface area contributed by atoms with E-state index in [1.165, 1.54) is 37.7 Å². The Morgan fingerprint density at radius 3 is 2.50 bits per heavy atom. The van der Waals surface area contributed by atoms with E-state index in [0.29, 0.717) is 13.2 Å². The van der Waals surface area contributed by atoms with Crippen LogP contribution in [0.2, 0.25) is 0 Å². The standard InChI is InChI=1S/C17H27NO2.C2H6/c1-18(16-8-4-3-5-9-16)14-15-7-6-10-17(13-15)20-12-11-19-2;1-2/h6-7,10,13,16H,3-5,8-9,11-12,14H2,1-2H3;1-2H3. The highest BCUT2D eigenvalue weighted by Crippen LogP contribution is 2.23. The van der Waals surface area contributed by atoms with Crippen LogP contribution in [0, 0.1) is 0 Å². The first-order valence-corrected chi connectivity index (χ1v) is 8.70. The van der Waals surface area contributed by atoms with Crippen LogP contribution in [-0.2, 0) is 11.3 Å². The number of methoxy groups -OCH3 is 1. The van der Waals surface area contributed by atoms with E-state index in [4.69, 9.17) is 9.47 Å². The molecule has 0 heterocycles. The highest BCUT2D eigenvalue weighted by Gasteiger charge is 2.17. The van der Waals surface area contributed by atoms with Crippen molar-refractivity contribution in [3.63, 3.8) is 0 Å². The molecule has 0 unspecified atom stereocenters. The summed E-state index contributed by atoms with van der Waals surface area (Å²) in [5, 5.41) is 0. The number of rotatable bonds is 7. The molecule has 0 aromatic heterocycles. The molecule has 0 aliphatic heterocycles. The summed E-state index contributed by atoms with van der Waals surface area (Å²) in [6, 6.07) is 9.17. The molecule has 1 fully saturated rings. The van der Waals surface area contributed by atoms with Crippen LogP contribution >= 0.6 is 0 Å². The highest BCUT2D eigenvalue weighted by atomic mass is 16.5. The Labute approximate surface area is 136 Å². The topological polar surface area (TPSA) is 21.7 Å².